The first kappa shape index (κ1) is 23.7. The van der Waals surface area contributed by atoms with Gasteiger partial charge in [-0.05, 0) is 31.9 Å². The van der Waals surface area contributed by atoms with Crippen LogP contribution in [-0.4, -0.2) is 55.3 Å². The number of rotatable bonds is 9. The predicted molar refractivity (Wildman–Crippen MR) is 119 cm³/mol. The van der Waals surface area contributed by atoms with Crippen molar-refractivity contribution in [2.45, 2.75) is 39.2 Å². The number of amides is 1. The molecule has 0 saturated carbocycles. The van der Waals surface area contributed by atoms with Gasteiger partial charge in [-0.15, -0.1) is 0 Å². The Balaban J connectivity index is 1.46. The van der Waals surface area contributed by atoms with E-state index in [1.807, 2.05) is 41.8 Å². The molecular formula is C23H28N2O6S. The number of esters is 1. The van der Waals surface area contributed by atoms with Crippen LogP contribution in [0.1, 0.15) is 46.2 Å². The lowest BCUT2D eigenvalue weighted by Gasteiger charge is -2.16. The van der Waals surface area contributed by atoms with Crippen molar-refractivity contribution in [2.75, 3.05) is 24.7 Å². The number of hydrogen-bond acceptors (Lipinski definition) is 6. The molecule has 0 aliphatic carbocycles. The van der Waals surface area contributed by atoms with E-state index in [4.69, 9.17) is 4.74 Å². The molecule has 3 rings (SSSR count). The van der Waals surface area contributed by atoms with Crippen LogP contribution in [0.3, 0.4) is 0 Å². The van der Waals surface area contributed by atoms with Crippen LogP contribution in [-0.2, 0) is 30.6 Å². The van der Waals surface area contributed by atoms with Gasteiger partial charge in [-0.2, -0.15) is 0 Å². The number of carbonyl (C=O) groups excluding carboxylic acids is 3. The highest BCUT2D eigenvalue weighted by molar-refractivity contribution is 7.91. The fourth-order valence-electron chi connectivity index (χ4n) is 4.04. The second-order valence-electron chi connectivity index (χ2n) is 8.06. The maximum absolute atomic E-state index is 12.6. The molecule has 1 aliphatic heterocycles. The summed E-state index contributed by atoms with van der Waals surface area (Å²) in [6.07, 6.45) is 0.719. The highest BCUT2D eigenvalue weighted by Crippen LogP contribution is 2.29. The Morgan fingerprint density at radius 3 is 2.53 bits per heavy atom. The summed E-state index contributed by atoms with van der Waals surface area (Å²) >= 11 is 0. The molecule has 1 saturated heterocycles. The number of ketones is 1. The first-order valence-electron chi connectivity index (χ1n) is 10.5. The van der Waals surface area contributed by atoms with Crippen molar-refractivity contribution in [2.24, 2.45) is 0 Å². The van der Waals surface area contributed by atoms with Crippen LogP contribution < -0.4 is 5.32 Å². The van der Waals surface area contributed by atoms with Gasteiger partial charge in [0.25, 0.3) is 0 Å². The second kappa shape index (κ2) is 10.1. The molecule has 0 spiro atoms. The number of hydrogen-bond donors (Lipinski definition) is 1. The lowest BCUT2D eigenvalue weighted by Crippen LogP contribution is -2.28. The second-order valence-corrected chi connectivity index (χ2v) is 10.3. The number of benzene rings is 1. The van der Waals surface area contributed by atoms with Crippen LogP contribution >= 0.6 is 0 Å². The van der Waals surface area contributed by atoms with E-state index in [1.165, 1.54) is 0 Å². The highest BCUT2D eigenvalue weighted by Gasteiger charge is 2.31. The largest absolute Gasteiger partial charge is 0.457 e. The zero-order valence-corrected chi connectivity index (χ0v) is 19.1. The van der Waals surface area contributed by atoms with Gasteiger partial charge in [0.2, 0.25) is 11.7 Å². The molecule has 1 unspecified atom stereocenters. The normalized spacial score (nSPS) is 17.1. The summed E-state index contributed by atoms with van der Waals surface area (Å²) in [6.45, 7) is 3.33. The van der Waals surface area contributed by atoms with Crippen LogP contribution in [0, 0.1) is 13.8 Å². The number of Topliss-reactive ketones (excluding diaryl/α,β-unsaturated/α-hetero) is 1. The zero-order chi connectivity index (χ0) is 23.3. The highest BCUT2D eigenvalue weighted by atomic mass is 32.2. The predicted octanol–water partition coefficient (Wildman–Crippen LogP) is 1.94. The Bertz CT molecular complexity index is 1110. The summed E-state index contributed by atoms with van der Waals surface area (Å²) in [4.78, 5) is 36.5. The molecule has 1 aromatic heterocycles. The molecule has 9 heteroatoms. The molecule has 172 valence electrons. The fraction of sp³-hybridized carbons (Fsp3) is 0.435. The summed E-state index contributed by atoms with van der Waals surface area (Å²) < 4.78 is 30.6. The first-order chi connectivity index (χ1) is 15.2. The van der Waals surface area contributed by atoms with Gasteiger partial charge >= 0.3 is 5.97 Å². The van der Waals surface area contributed by atoms with Crippen LogP contribution in [0.2, 0.25) is 0 Å². The quantitative estimate of drug-likeness (QED) is 0.452. The maximum atomic E-state index is 12.6. The molecule has 1 N–H and O–H groups in total. The first-order valence-corrected chi connectivity index (χ1v) is 12.4. The van der Waals surface area contributed by atoms with Crippen molar-refractivity contribution in [3.63, 3.8) is 0 Å². The van der Waals surface area contributed by atoms with Gasteiger partial charge in [0.1, 0.15) is 0 Å². The van der Waals surface area contributed by atoms with Crippen LogP contribution in [0.15, 0.2) is 36.4 Å². The van der Waals surface area contributed by atoms with E-state index in [-0.39, 0.29) is 48.6 Å². The van der Waals surface area contributed by atoms with Gasteiger partial charge in [-0.1, -0.05) is 30.3 Å². The lowest BCUT2D eigenvalue weighted by molar-refractivity contribution is -0.142. The molecular weight excluding hydrogens is 432 g/mol. The van der Waals surface area contributed by atoms with E-state index >= 15 is 0 Å². The Hall–Kier alpha value is -2.94. The van der Waals surface area contributed by atoms with Crippen LogP contribution in [0.4, 0.5) is 0 Å². The van der Waals surface area contributed by atoms with Gasteiger partial charge in [-0.25, -0.2) is 8.42 Å². The van der Waals surface area contributed by atoms with Gasteiger partial charge in [0.05, 0.1) is 24.3 Å². The lowest BCUT2D eigenvalue weighted by atomic mass is 10.1. The number of aromatic nitrogens is 1. The molecule has 0 radical (unpaired) electrons. The van der Waals surface area contributed by atoms with Crippen molar-refractivity contribution in [1.82, 2.24) is 9.88 Å². The average molecular weight is 461 g/mol. The third kappa shape index (κ3) is 6.06. The van der Waals surface area contributed by atoms with Crippen molar-refractivity contribution in [1.29, 1.82) is 0 Å². The molecule has 2 aromatic rings. The minimum absolute atomic E-state index is 0.0350. The monoisotopic (exact) mass is 460 g/mol. The smallest absolute Gasteiger partial charge is 0.308 e. The molecule has 2 heterocycles. The van der Waals surface area contributed by atoms with Crippen molar-refractivity contribution < 1.29 is 27.5 Å². The Kier molecular flexibility index (Phi) is 7.50. The topological polar surface area (TPSA) is 112 Å². The number of sulfone groups is 1. The third-order valence-corrected chi connectivity index (χ3v) is 7.33. The molecule has 1 amide bonds. The summed E-state index contributed by atoms with van der Waals surface area (Å²) in [5, 5.41) is 2.66. The zero-order valence-electron chi connectivity index (χ0n) is 18.3. The van der Waals surface area contributed by atoms with E-state index in [9.17, 15) is 22.8 Å². The van der Waals surface area contributed by atoms with Crippen molar-refractivity contribution >= 4 is 27.5 Å². The number of nitrogens with one attached hydrogen (secondary N) is 1. The molecule has 1 fully saturated rings. The molecule has 0 bridgehead atoms. The standard InChI is InChI=1S/C23H28N2O6S/c1-16-12-20(17(2)25(16)19-9-11-32(29,30)15-19)21(26)14-31-23(28)8-10-24-22(27)13-18-6-4-3-5-7-18/h3-7,12,19H,8-11,13-15H2,1-2H3,(H,24,27). The summed E-state index contributed by atoms with van der Waals surface area (Å²) in [5.41, 5.74) is 2.79. The van der Waals surface area contributed by atoms with Crippen molar-refractivity contribution in [3.05, 3.63) is 58.9 Å². The molecule has 32 heavy (non-hydrogen) atoms. The van der Waals surface area contributed by atoms with E-state index in [2.05, 4.69) is 5.32 Å². The SMILES string of the molecule is Cc1cc(C(=O)COC(=O)CCNC(=O)Cc2ccccc2)c(C)n1C1CCS(=O)(=O)C1. The minimum Gasteiger partial charge on any atom is -0.457 e. The number of aryl methyl sites for hydroxylation is 1. The van der Waals surface area contributed by atoms with E-state index in [0.717, 1.165) is 11.3 Å². The molecule has 8 nitrogen and oxygen atoms in total. The molecule has 1 aliphatic rings. The van der Waals surface area contributed by atoms with E-state index in [0.29, 0.717) is 17.7 Å². The van der Waals surface area contributed by atoms with Crippen LogP contribution in [0.25, 0.3) is 0 Å². The summed E-state index contributed by atoms with van der Waals surface area (Å²) in [5.74, 6) is -0.887. The van der Waals surface area contributed by atoms with Gasteiger partial charge in [-0.3, -0.25) is 14.4 Å². The van der Waals surface area contributed by atoms with Gasteiger partial charge in [0, 0.05) is 29.5 Å². The minimum atomic E-state index is -3.05. The Labute approximate surface area is 187 Å². The van der Waals surface area contributed by atoms with Crippen LogP contribution in [0.5, 0.6) is 0 Å². The average Bonchev–Trinajstić information content (AvgIpc) is 3.24. The molecule has 1 atom stereocenters. The fourth-order valence-corrected chi connectivity index (χ4v) is 5.74. The Morgan fingerprint density at radius 1 is 1.16 bits per heavy atom. The van der Waals surface area contributed by atoms with Crippen molar-refractivity contribution in [3.8, 4) is 0 Å². The number of ether oxygens (including phenoxy) is 1. The molecule has 1 aromatic carbocycles. The number of nitrogens with zero attached hydrogens (tertiary/aromatic N) is 1. The maximum Gasteiger partial charge on any atom is 0.308 e. The van der Waals surface area contributed by atoms with Gasteiger partial charge in [0.15, 0.2) is 16.4 Å². The number of carbonyl (C=O) groups is 3. The summed E-state index contributed by atoms with van der Waals surface area (Å²) in [7, 11) is -3.05. The third-order valence-electron chi connectivity index (χ3n) is 5.58. The Morgan fingerprint density at radius 2 is 1.88 bits per heavy atom. The van der Waals surface area contributed by atoms with E-state index < -0.39 is 22.4 Å². The summed E-state index contributed by atoms with van der Waals surface area (Å²) in [6, 6.07) is 10.8. The van der Waals surface area contributed by atoms with E-state index in [1.54, 1.807) is 13.0 Å². The van der Waals surface area contributed by atoms with Gasteiger partial charge < -0.3 is 14.6 Å².